The summed E-state index contributed by atoms with van der Waals surface area (Å²) in [6.45, 7) is 5.80. The highest BCUT2D eigenvalue weighted by Crippen LogP contribution is 2.22. The van der Waals surface area contributed by atoms with Gasteiger partial charge in [-0.3, -0.25) is 14.6 Å². The van der Waals surface area contributed by atoms with Crippen LogP contribution in [0.5, 0.6) is 0 Å². The predicted octanol–water partition coefficient (Wildman–Crippen LogP) is 2.28. The molecule has 0 spiro atoms. The second-order valence-corrected chi connectivity index (χ2v) is 6.41. The fourth-order valence-corrected chi connectivity index (χ4v) is 3.03. The largest absolute Gasteiger partial charge is 0.335 e. The molecule has 6 heteroatoms. The summed E-state index contributed by atoms with van der Waals surface area (Å²) >= 11 is 0. The summed E-state index contributed by atoms with van der Waals surface area (Å²) in [5.74, 6) is 0.561. The Morgan fingerprint density at radius 3 is 3.09 bits per heavy atom. The molecule has 0 radical (unpaired) electrons. The van der Waals surface area contributed by atoms with E-state index in [4.69, 9.17) is 0 Å². The standard InChI is InChI=1S/C16H23N5O/c1-12(2)9-13-10-15(19-18-13)16(22)20-7-3-5-14(11-20)21-8-4-6-17-21/h4,6,8,10,12,14H,3,5,7,9,11H2,1-2H3,(H,18,19)/t14-/m0/s1. The molecular formula is C16H23N5O. The van der Waals surface area contributed by atoms with Gasteiger partial charge in [0.05, 0.1) is 6.04 Å². The van der Waals surface area contributed by atoms with Crippen molar-refractivity contribution in [3.63, 3.8) is 0 Å². The molecule has 3 rings (SSSR count). The molecule has 2 aromatic heterocycles. The quantitative estimate of drug-likeness (QED) is 0.942. The molecule has 2 aromatic rings. The number of likely N-dealkylation sites (tertiary alicyclic amines) is 1. The number of aromatic nitrogens is 4. The summed E-state index contributed by atoms with van der Waals surface area (Å²) in [6.07, 6.45) is 6.72. The fourth-order valence-electron chi connectivity index (χ4n) is 3.03. The Kier molecular flexibility index (Phi) is 4.27. The second-order valence-electron chi connectivity index (χ2n) is 6.41. The number of piperidine rings is 1. The van der Waals surface area contributed by atoms with Gasteiger partial charge in [-0.2, -0.15) is 10.2 Å². The maximum atomic E-state index is 12.6. The molecule has 118 valence electrons. The van der Waals surface area contributed by atoms with Gasteiger partial charge in [0.1, 0.15) is 5.69 Å². The first-order chi connectivity index (χ1) is 10.6. The van der Waals surface area contributed by atoms with Crippen molar-refractivity contribution in [2.75, 3.05) is 13.1 Å². The van der Waals surface area contributed by atoms with Crippen LogP contribution in [0.4, 0.5) is 0 Å². The number of nitrogens with zero attached hydrogens (tertiary/aromatic N) is 4. The number of hydrogen-bond acceptors (Lipinski definition) is 3. The van der Waals surface area contributed by atoms with Gasteiger partial charge in [0.25, 0.3) is 5.91 Å². The highest BCUT2D eigenvalue weighted by atomic mass is 16.2. The zero-order chi connectivity index (χ0) is 15.5. The third-order valence-corrected chi connectivity index (χ3v) is 4.06. The van der Waals surface area contributed by atoms with Crippen molar-refractivity contribution in [1.29, 1.82) is 0 Å². The van der Waals surface area contributed by atoms with Gasteiger partial charge in [-0.15, -0.1) is 0 Å². The summed E-state index contributed by atoms with van der Waals surface area (Å²) < 4.78 is 1.95. The fraction of sp³-hybridized carbons (Fsp3) is 0.562. The summed E-state index contributed by atoms with van der Waals surface area (Å²) in [5, 5.41) is 11.5. The van der Waals surface area contributed by atoms with Crippen LogP contribution in [-0.2, 0) is 6.42 Å². The Labute approximate surface area is 130 Å². The van der Waals surface area contributed by atoms with Crippen LogP contribution in [0.3, 0.4) is 0 Å². The van der Waals surface area contributed by atoms with E-state index < -0.39 is 0 Å². The molecule has 0 aliphatic carbocycles. The van der Waals surface area contributed by atoms with E-state index in [1.807, 2.05) is 27.9 Å². The molecule has 1 aliphatic heterocycles. The van der Waals surface area contributed by atoms with Crippen molar-refractivity contribution in [1.82, 2.24) is 24.9 Å². The Balaban J connectivity index is 1.67. The highest BCUT2D eigenvalue weighted by molar-refractivity contribution is 5.92. The zero-order valence-corrected chi connectivity index (χ0v) is 13.2. The molecule has 0 bridgehead atoms. The lowest BCUT2D eigenvalue weighted by Gasteiger charge is -2.32. The van der Waals surface area contributed by atoms with Crippen LogP contribution >= 0.6 is 0 Å². The summed E-state index contributed by atoms with van der Waals surface area (Å²) in [6, 6.07) is 4.08. The van der Waals surface area contributed by atoms with Crippen LogP contribution in [0, 0.1) is 5.92 Å². The van der Waals surface area contributed by atoms with E-state index >= 15 is 0 Å². The van der Waals surface area contributed by atoms with E-state index in [1.165, 1.54) is 0 Å². The highest BCUT2D eigenvalue weighted by Gasteiger charge is 2.27. The van der Waals surface area contributed by atoms with E-state index in [0.717, 1.165) is 31.5 Å². The van der Waals surface area contributed by atoms with Crippen molar-refractivity contribution in [2.45, 2.75) is 39.2 Å². The number of carbonyl (C=O) groups excluding carboxylic acids is 1. The SMILES string of the molecule is CC(C)Cc1cc(C(=O)N2CCC[C@H](n3cccn3)C2)n[nH]1. The van der Waals surface area contributed by atoms with Gasteiger partial charge < -0.3 is 4.90 Å². The topological polar surface area (TPSA) is 66.8 Å². The van der Waals surface area contributed by atoms with E-state index in [0.29, 0.717) is 18.2 Å². The van der Waals surface area contributed by atoms with Crippen molar-refractivity contribution in [3.8, 4) is 0 Å². The molecule has 3 heterocycles. The normalized spacial score (nSPS) is 18.9. The van der Waals surface area contributed by atoms with Crippen molar-refractivity contribution in [3.05, 3.63) is 35.9 Å². The third kappa shape index (κ3) is 3.21. The van der Waals surface area contributed by atoms with Crippen molar-refractivity contribution < 1.29 is 4.79 Å². The minimum atomic E-state index is 0.0168. The van der Waals surface area contributed by atoms with E-state index in [2.05, 4.69) is 29.1 Å². The molecule has 1 saturated heterocycles. The maximum absolute atomic E-state index is 12.6. The molecule has 1 aliphatic rings. The summed E-state index contributed by atoms with van der Waals surface area (Å²) in [7, 11) is 0. The lowest BCUT2D eigenvalue weighted by Crippen LogP contribution is -2.41. The van der Waals surface area contributed by atoms with Gasteiger partial charge in [0.2, 0.25) is 0 Å². The number of hydrogen-bond donors (Lipinski definition) is 1. The van der Waals surface area contributed by atoms with Crippen LogP contribution in [0.25, 0.3) is 0 Å². The monoisotopic (exact) mass is 301 g/mol. The Morgan fingerprint density at radius 1 is 1.50 bits per heavy atom. The summed E-state index contributed by atoms with van der Waals surface area (Å²) in [4.78, 5) is 14.5. The Morgan fingerprint density at radius 2 is 2.36 bits per heavy atom. The minimum Gasteiger partial charge on any atom is -0.335 e. The van der Waals surface area contributed by atoms with E-state index in [1.54, 1.807) is 6.20 Å². The van der Waals surface area contributed by atoms with Gasteiger partial charge >= 0.3 is 0 Å². The van der Waals surface area contributed by atoms with Gasteiger partial charge in [0, 0.05) is 31.2 Å². The molecule has 22 heavy (non-hydrogen) atoms. The van der Waals surface area contributed by atoms with Crippen LogP contribution in [0.15, 0.2) is 24.5 Å². The number of carbonyl (C=O) groups is 1. The number of rotatable bonds is 4. The number of amides is 1. The summed E-state index contributed by atoms with van der Waals surface area (Å²) in [5.41, 5.74) is 1.55. The molecule has 1 atom stereocenters. The molecule has 1 N–H and O–H groups in total. The average Bonchev–Trinajstić information content (AvgIpc) is 3.17. The third-order valence-electron chi connectivity index (χ3n) is 4.06. The molecule has 0 unspecified atom stereocenters. The Hall–Kier alpha value is -2.11. The minimum absolute atomic E-state index is 0.0168. The van der Waals surface area contributed by atoms with Gasteiger partial charge in [0.15, 0.2) is 0 Å². The smallest absolute Gasteiger partial charge is 0.274 e. The zero-order valence-electron chi connectivity index (χ0n) is 13.2. The van der Waals surface area contributed by atoms with Crippen molar-refractivity contribution >= 4 is 5.91 Å². The van der Waals surface area contributed by atoms with Gasteiger partial charge in [-0.05, 0) is 37.3 Å². The lowest BCUT2D eigenvalue weighted by atomic mass is 10.1. The lowest BCUT2D eigenvalue weighted by molar-refractivity contribution is 0.0667. The first-order valence-electron chi connectivity index (χ1n) is 7.96. The number of nitrogens with one attached hydrogen (secondary N) is 1. The van der Waals surface area contributed by atoms with Crippen LogP contribution in [0.1, 0.15) is 48.9 Å². The maximum Gasteiger partial charge on any atom is 0.274 e. The van der Waals surface area contributed by atoms with Gasteiger partial charge in [-0.1, -0.05) is 13.8 Å². The molecule has 1 fully saturated rings. The van der Waals surface area contributed by atoms with Crippen LogP contribution in [-0.4, -0.2) is 43.9 Å². The van der Waals surface area contributed by atoms with Crippen LogP contribution in [0.2, 0.25) is 0 Å². The second kappa shape index (κ2) is 6.34. The Bertz CT molecular complexity index is 616. The molecular weight excluding hydrogens is 278 g/mol. The molecule has 0 saturated carbocycles. The van der Waals surface area contributed by atoms with Crippen molar-refractivity contribution in [2.24, 2.45) is 5.92 Å². The average molecular weight is 301 g/mol. The first-order valence-corrected chi connectivity index (χ1v) is 7.96. The molecule has 1 amide bonds. The van der Waals surface area contributed by atoms with Gasteiger partial charge in [-0.25, -0.2) is 0 Å². The van der Waals surface area contributed by atoms with E-state index in [9.17, 15) is 4.79 Å². The molecule has 0 aromatic carbocycles. The van der Waals surface area contributed by atoms with Crippen LogP contribution < -0.4 is 0 Å². The van der Waals surface area contributed by atoms with E-state index in [-0.39, 0.29) is 11.9 Å². The molecule has 6 nitrogen and oxygen atoms in total. The number of H-pyrrole nitrogens is 1. The first kappa shape index (κ1) is 14.8. The predicted molar refractivity (Wildman–Crippen MR) is 83.5 cm³/mol. The number of aromatic amines is 1.